The van der Waals surface area contributed by atoms with Crippen molar-refractivity contribution >= 4 is 13.4 Å². The van der Waals surface area contributed by atoms with Crippen LogP contribution in [0.1, 0.15) is 17.3 Å². The number of benzene rings is 1. The van der Waals surface area contributed by atoms with E-state index in [2.05, 4.69) is 5.32 Å². The van der Waals surface area contributed by atoms with Crippen molar-refractivity contribution in [2.45, 2.75) is 6.92 Å². The SMILES string of the molecule is CCOP(=O)(O)CCNCC(=O)c1ccccc1. The Kier molecular flexibility index (Phi) is 6.22. The van der Waals surface area contributed by atoms with E-state index in [9.17, 15) is 14.3 Å². The van der Waals surface area contributed by atoms with Gasteiger partial charge in [0.2, 0.25) is 0 Å². The molecule has 0 bridgehead atoms. The highest BCUT2D eigenvalue weighted by Crippen LogP contribution is 2.40. The van der Waals surface area contributed by atoms with Gasteiger partial charge in [0, 0.05) is 12.1 Å². The molecule has 1 atom stereocenters. The number of Topliss-reactive ketones (excluding diaryl/α,β-unsaturated/α-hetero) is 1. The van der Waals surface area contributed by atoms with Gasteiger partial charge in [-0.2, -0.15) is 0 Å². The summed E-state index contributed by atoms with van der Waals surface area (Å²) in [7, 11) is -3.50. The highest BCUT2D eigenvalue weighted by Gasteiger charge is 2.17. The molecule has 0 amide bonds. The predicted molar refractivity (Wildman–Crippen MR) is 70.0 cm³/mol. The molecule has 6 heteroatoms. The van der Waals surface area contributed by atoms with Crippen LogP contribution in [0, 0.1) is 0 Å². The van der Waals surface area contributed by atoms with Crippen molar-refractivity contribution in [2.24, 2.45) is 0 Å². The lowest BCUT2D eigenvalue weighted by Gasteiger charge is -2.10. The molecule has 0 aliphatic rings. The maximum atomic E-state index is 11.7. The Morgan fingerprint density at radius 1 is 1.39 bits per heavy atom. The molecule has 0 spiro atoms. The molecule has 0 radical (unpaired) electrons. The van der Waals surface area contributed by atoms with Crippen molar-refractivity contribution in [3.05, 3.63) is 35.9 Å². The van der Waals surface area contributed by atoms with Gasteiger partial charge in [0.05, 0.1) is 19.3 Å². The van der Waals surface area contributed by atoms with Gasteiger partial charge < -0.3 is 14.7 Å². The Hall–Kier alpha value is -1.00. The zero-order chi connectivity index (χ0) is 13.4. The van der Waals surface area contributed by atoms with E-state index in [0.29, 0.717) is 5.56 Å². The van der Waals surface area contributed by atoms with Crippen LogP contribution in [-0.2, 0) is 9.09 Å². The summed E-state index contributed by atoms with van der Waals surface area (Å²) in [5.74, 6) is -0.0419. The Bertz CT molecular complexity index is 421. The molecule has 0 saturated heterocycles. The lowest BCUT2D eigenvalue weighted by Crippen LogP contribution is -2.26. The molecule has 0 saturated carbocycles. The van der Waals surface area contributed by atoms with Crippen molar-refractivity contribution < 1.29 is 18.8 Å². The smallest absolute Gasteiger partial charge is 0.324 e. The molecule has 2 N–H and O–H groups in total. The van der Waals surface area contributed by atoms with Crippen LogP contribution in [0.15, 0.2) is 30.3 Å². The average molecular weight is 271 g/mol. The number of carbonyl (C=O) groups excluding carboxylic acids is 1. The normalized spacial score (nSPS) is 14.1. The first kappa shape index (κ1) is 15.1. The Morgan fingerprint density at radius 2 is 2.06 bits per heavy atom. The number of rotatable bonds is 8. The van der Waals surface area contributed by atoms with Gasteiger partial charge in [0.15, 0.2) is 5.78 Å². The van der Waals surface area contributed by atoms with E-state index < -0.39 is 7.60 Å². The van der Waals surface area contributed by atoms with Crippen LogP contribution in [0.4, 0.5) is 0 Å². The lowest BCUT2D eigenvalue weighted by atomic mass is 10.1. The van der Waals surface area contributed by atoms with Crippen LogP contribution < -0.4 is 5.32 Å². The Balaban J connectivity index is 2.27. The Labute approximate surface area is 107 Å². The lowest BCUT2D eigenvalue weighted by molar-refractivity contribution is 0.0991. The van der Waals surface area contributed by atoms with E-state index >= 15 is 0 Å². The van der Waals surface area contributed by atoms with Crippen molar-refractivity contribution in [3.8, 4) is 0 Å². The van der Waals surface area contributed by atoms with Crippen molar-refractivity contribution in [2.75, 3.05) is 25.9 Å². The molecule has 0 aliphatic heterocycles. The molecule has 0 heterocycles. The largest absolute Gasteiger partial charge is 0.329 e. The summed E-state index contributed by atoms with van der Waals surface area (Å²) in [6.45, 7) is 2.29. The summed E-state index contributed by atoms with van der Waals surface area (Å²) in [6.07, 6.45) is 0.00289. The molecule has 18 heavy (non-hydrogen) atoms. The minimum Gasteiger partial charge on any atom is -0.324 e. The van der Waals surface area contributed by atoms with Crippen LogP contribution >= 0.6 is 7.60 Å². The second kappa shape index (κ2) is 7.44. The molecule has 0 aromatic heterocycles. The van der Waals surface area contributed by atoms with Gasteiger partial charge in [-0.15, -0.1) is 0 Å². The second-order valence-corrected chi connectivity index (χ2v) is 5.73. The van der Waals surface area contributed by atoms with Gasteiger partial charge in [0.25, 0.3) is 0 Å². The highest BCUT2D eigenvalue weighted by molar-refractivity contribution is 7.52. The first-order valence-electron chi connectivity index (χ1n) is 5.80. The maximum absolute atomic E-state index is 11.7. The van der Waals surface area contributed by atoms with Gasteiger partial charge in [-0.3, -0.25) is 9.36 Å². The molecule has 100 valence electrons. The van der Waals surface area contributed by atoms with E-state index in [1.165, 1.54) is 0 Å². The molecule has 1 aromatic rings. The molecule has 5 nitrogen and oxygen atoms in total. The minimum atomic E-state index is -3.50. The van der Waals surface area contributed by atoms with Gasteiger partial charge in [-0.25, -0.2) is 0 Å². The van der Waals surface area contributed by atoms with Crippen LogP contribution in [0.2, 0.25) is 0 Å². The second-order valence-electron chi connectivity index (χ2n) is 3.74. The molecule has 1 rings (SSSR count). The standard InChI is InChI=1S/C12H18NO4P/c1-2-17-18(15,16)9-8-13-10-12(14)11-6-4-3-5-7-11/h3-7,13H,2,8-10H2,1H3,(H,15,16). The van der Waals surface area contributed by atoms with E-state index in [1.54, 1.807) is 31.2 Å². The molecule has 0 fully saturated rings. The number of hydrogen-bond acceptors (Lipinski definition) is 4. The fraction of sp³-hybridized carbons (Fsp3) is 0.417. The molecule has 0 aliphatic carbocycles. The first-order chi connectivity index (χ1) is 8.55. The topological polar surface area (TPSA) is 75.6 Å². The average Bonchev–Trinajstić information content (AvgIpc) is 2.35. The fourth-order valence-electron chi connectivity index (χ4n) is 1.41. The maximum Gasteiger partial charge on any atom is 0.329 e. The molecular weight excluding hydrogens is 253 g/mol. The fourth-order valence-corrected chi connectivity index (χ4v) is 2.39. The van der Waals surface area contributed by atoms with Gasteiger partial charge in [-0.05, 0) is 6.92 Å². The third kappa shape index (κ3) is 5.56. The summed E-state index contributed by atoms with van der Waals surface area (Å²) in [4.78, 5) is 21.0. The first-order valence-corrected chi connectivity index (χ1v) is 7.57. The van der Waals surface area contributed by atoms with Gasteiger partial charge in [0.1, 0.15) is 0 Å². The highest BCUT2D eigenvalue weighted by atomic mass is 31.2. The molecule has 1 aromatic carbocycles. The zero-order valence-electron chi connectivity index (χ0n) is 10.3. The minimum absolute atomic E-state index is 0.00289. The van der Waals surface area contributed by atoms with Crippen molar-refractivity contribution in [3.63, 3.8) is 0 Å². The summed E-state index contributed by atoms with van der Waals surface area (Å²) in [5, 5.41) is 2.84. The van der Waals surface area contributed by atoms with E-state index in [4.69, 9.17) is 4.52 Å². The summed E-state index contributed by atoms with van der Waals surface area (Å²) in [5.41, 5.74) is 0.627. The summed E-state index contributed by atoms with van der Waals surface area (Å²) >= 11 is 0. The monoisotopic (exact) mass is 271 g/mol. The molecular formula is C12H18NO4P. The number of carbonyl (C=O) groups is 1. The third-order valence-electron chi connectivity index (χ3n) is 2.28. The quantitative estimate of drug-likeness (QED) is 0.427. The van der Waals surface area contributed by atoms with Crippen LogP contribution in [-0.4, -0.2) is 36.5 Å². The van der Waals surface area contributed by atoms with E-state index in [0.717, 1.165) is 0 Å². The zero-order valence-corrected chi connectivity index (χ0v) is 11.2. The van der Waals surface area contributed by atoms with Crippen LogP contribution in [0.3, 0.4) is 0 Å². The number of ketones is 1. The van der Waals surface area contributed by atoms with Crippen LogP contribution in [0.5, 0.6) is 0 Å². The Morgan fingerprint density at radius 3 is 2.67 bits per heavy atom. The third-order valence-corrected chi connectivity index (χ3v) is 3.73. The van der Waals surface area contributed by atoms with Gasteiger partial charge in [-0.1, -0.05) is 30.3 Å². The van der Waals surface area contributed by atoms with Crippen molar-refractivity contribution in [1.29, 1.82) is 0 Å². The van der Waals surface area contributed by atoms with Crippen LogP contribution in [0.25, 0.3) is 0 Å². The summed E-state index contributed by atoms with van der Waals surface area (Å²) < 4.78 is 16.0. The van der Waals surface area contributed by atoms with Crippen molar-refractivity contribution in [1.82, 2.24) is 5.32 Å². The number of nitrogens with one attached hydrogen (secondary N) is 1. The van der Waals surface area contributed by atoms with Gasteiger partial charge >= 0.3 is 7.60 Å². The predicted octanol–water partition coefficient (Wildman–Crippen LogP) is 1.68. The number of hydrogen-bond donors (Lipinski definition) is 2. The summed E-state index contributed by atoms with van der Waals surface area (Å²) in [6, 6.07) is 8.91. The molecule has 1 unspecified atom stereocenters. The van der Waals surface area contributed by atoms with E-state index in [1.807, 2.05) is 6.07 Å². The van der Waals surface area contributed by atoms with E-state index in [-0.39, 0.29) is 31.6 Å².